The van der Waals surface area contributed by atoms with Crippen LogP contribution in [-0.2, 0) is 4.74 Å². The highest BCUT2D eigenvalue weighted by Crippen LogP contribution is 2.38. The van der Waals surface area contributed by atoms with Crippen LogP contribution >= 0.6 is 0 Å². The first-order valence-corrected chi connectivity index (χ1v) is 7.51. The SMILES string of the molecule is COCC[Si](C)(C)C(C)(C)C. The zero-order valence-corrected chi connectivity index (χ0v) is 9.82. The smallest absolute Gasteiger partial charge is 0.0550 e. The van der Waals surface area contributed by atoms with Crippen molar-refractivity contribution >= 4 is 8.07 Å². The van der Waals surface area contributed by atoms with Gasteiger partial charge in [-0.1, -0.05) is 33.9 Å². The van der Waals surface area contributed by atoms with Gasteiger partial charge in [0.15, 0.2) is 0 Å². The van der Waals surface area contributed by atoms with E-state index in [9.17, 15) is 0 Å². The average molecular weight is 174 g/mol. The minimum atomic E-state index is -1.05. The lowest BCUT2D eigenvalue weighted by Crippen LogP contribution is -2.37. The molecule has 0 aromatic rings. The minimum Gasteiger partial charge on any atom is -0.385 e. The Morgan fingerprint density at radius 2 is 1.64 bits per heavy atom. The maximum Gasteiger partial charge on any atom is 0.0550 e. The summed E-state index contributed by atoms with van der Waals surface area (Å²) >= 11 is 0. The lowest BCUT2D eigenvalue weighted by Gasteiger charge is -2.36. The molecule has 0 spiro atoms. The fourth-order valence-electron chi connectivity index (χ4n) is 0.732. The highest BCUT2D eigenvalue weighted by atomic mass is 28.3. The largest absolute Gasteiger partial charge is 0.385 e. The summed E-state index contributed by atoms with van der Waals surface area (Å²) < 4.78 is 5.11. The zero-order chi connectivity index (χ0) is 9.12. The van der Waals surface area contributed by atoms with Crippen molar-refractivity contribution in [1.29, 1.82) is 0 Å². The van der Waals surface area contributed by atoms with Crippen molar-refractivity contribution in [2.24, 2.45) is 0 Å². The van der Waals surface area contributed by atoms with E-state index in [0.717, 1.165) is 6.61 Å². The summed E-state index contributed by atoms with van der Waals surface area (Å²) in [5, 5.41) is 0.505. The molecule has 0 aromatic carbocycles. The summed E-state index contributed by atoms with van der Waals surface area (Å²) in [5.74, 6) is 0. The van der Waals surface area contributed by atoms with E-state index in [0.29, 0.717) is 5.04 Å². The van der Waals surface area contributed by atoms with Crippen LogP contribution in [-0.4, -0.2) is 21.8 Å². The average Bonchev–Trinajstić information content (AvgIpc) is 1.81. The predicted molar refractivity (Wildman–Crippen MR) is 53.9 cm³/mol. The van der Waals surface area contributed by atoms with Crippen molar-refractivity contribution in [3.05, 3.63) is 0 Å². The Morgan fingerprint density at radius 1 is 1.18 bits per heavy atom. The highest BCUT2D eigenvalue weighted by molar-refractivity contribution is 6.80. The first kappa shape index (κ1) is 11.2. The zero-order valence-electron chi connectivity index (χ0n) is 8.82. The van der Waals surface area contributed by atoms with Gasteiger partial charge in [0.25, 0.3) is 0 Å². The number of hydrogen-bond acceptors (Lipinski definition) is 1. The van der Waals surface area contributed by atoms with Crippen LogP contribution in [0.2, 0.25) is 24.2 Å². The highest BCUT2D eigenvalue weighted by Gasteiger charge is 2.34. The van der Waals surface area contributed by atoms with Gasteiger partial charge in [-0.3, -0.25) is 0 Å². The molecule has 68 valence electrons. The van der Waals surface area contributed by atoms with Crippen LogP contribution in [0, 0.1) is 0 Å². The summed E-state index contributed by atoms with van der Waals surface area (Å²) in [6.45, 7) is 12.8. The summed E-state index contributed by atoms with van der Waals surface area (Å²) in [5.41, 5.74) is 0. The predicted octanol–water partition coefficient (Wildman–Crippen LogP) is 3.14. The Balaban J connectivity index is 4.00. The fraction of sp³-hybridized carbons (Fsp3) is 1.00. The topological polar surface area (TPSA) is 9.23 Å². The molecule has 0 atom stereocenters. The van der Waals surface area contributed by atoms with Crippen LogP contribution in [0.3, 0.4) is 0 Å². The molecule has 11 heavy (non-hydrogen) atoms. The maximum absolute atomic E-state index is 5.11. The van der Waals surface area contributed by atoms with Crippen LogP contribution in [0.1, 0.15) is 20.8 Å². The monoisotopic (exact) mass is 174 g/mol. The van der Waals surface area contributed by atoms with Crippen LogP contribution in [0.5, 0.6) is 0 Å². The van der Waals surface area contributed by atoms with Gasteiger partial charge in [-0.25, -0.2) is 0 Å². The van der Waals surface area contributed by atoms with Gasteiger partial charge < -0.3 is 4.74 Å². The molecule has 0 saturated heterocycles. The number of ether oxygens (including phenoxy) is 1. The molecule has 0 heterocycles. The van der Waals surface area contributed by atoms with E-state index in [4.69, 9.17) is 4.74 Å². The van der Waals surface area contributed by atoms with Crippen LogP contribution in [0.25, 0.3) is 0 Å². The number of rotatable bonds is 3. The molecule has 0 aliphatic carbocycles. The van der Waals surface area contributed by atoms with Crippen LogP contribution in [0.4, 0.5) is 0 Å². The van der Waals surface area contributed by atoms with Gasteiger partial charge in [-0.05, 0) is 11.1 Å². The van der Waals surface area contributed by atoms with Gasteiger partial charge in [0.05, 0.1) is 8.07 Å². The Morgan fingerprint density at radius 3 is 1.91 bits per heavy atom. The van der Waals surface area contributed by atoms with Crippen molar-refractivity contribution in [2.45, 2.75) is 44.9 Å². The van der Waals surface area contributed by atoms with Gasteiger partial charge >= 0.3 is 0 Å². The van der Waals surface area contributed by atoms with Gasteiger partial charge in [-0.15, -0.1) is 0 Å². The number of methoxy groups -OCH3 is 1. The van der Waals surface area contributed by atoms with Gasteiger partial charge in [-0.2, -0.15) is 0 Å². The number of hydrogen-bond donors (Lipinski definition) is 0. The van der Waals surface area contributed by atoms with Crippen molar-refractivity contribution < 1.29 is 4.74 Å². The molecule has 0 saturated carbocycles. The Labute approximate surface area is 72.2 Å². The first-order chi connectivity index (χ1) is 4.81. The molecule has 0 unspecified atom stereocenters. The summed E-state index contributed by atoms with van der Waals surface area (Å²) in [6.07, 6.45) is 0. The van der Waals surface area contributed by atoms with E-state index in [-0.39, 0.29) is 0 Å². The van der Waals surface area contributed by atoms with Gasteiger partial charge in [0.2, 0.25) is 0 Å². The minimum absolute atomic E-state index is 0.505. The Kier molecular flexibility index (Phi) is 3.78. The standard InChI is InChI=1S/C9H22OSi/c1-9(2,3)11(5,6)8-7-10-4/h7-8H2,1-6H3. The van der Waals surface area contributed by atoms with Gasteiger partial charge in [0.1, 0.15) is 0 Å². The van der Waals surface area contributed by atoms with E-state index < -0.39 is 8.07 Å². The van der Waals surface area contributed by atoms with Crippen LogP contribution < -0.4 is 0 Å². The molecule has 0 aliphatic rings. The maximum atomic E-state index is 5.11. The lowest BCUT2D eigenvalue weighted by atomic mass is 10.2. The quantitative estimate of drug-likeness (QED) is 0.597. The molecule has 0 aromatic heterocycles. The normalized spacial score (nSPS) is 13.6. The summed E-state index contributed by atoms with van der Waals surface area (Å²) in [4.78, 5) is 0. The van der Waals surface area contributed by atoms with E-state index in [1.807, 2.05) is 0 Å². The molecule has 2 heteroatoms. The molecule has 0 amide bonds. The molecule has 0 radical (unpaired) electrons. The molecular formula is C9H22OSi. The second-order valence-electron chi connectivity index (χ2n) is 4.88. The van der Waals surface area contributed by atoms with E-state index >= 15 is 0 Å². The first-order valence-electron chi connectivity index (χ1n) is 4.30. The van der Waals surface area contributed by atoms with E-state index in [2.05, 4.69) is 33.9 Å². The molecule has 0 bridgehead atoms. The van der Waals surface area contributed by atoms with Crippen molar-refractivity contribution in [2.75, 3.05) is 13.7 Å². The molecule has 1 nitrogen and oxygen atoms in total. The van der Waals surface area contributed by atoms with Gasteiger partial charge in [0, 0.05) is 13.7 Å². The Hall–Kier alpha value is 0.177. The van der Waals surface area contributed by atoms with E-state index in [1.165, 1.54) is 6.04 Å². The molecule has 0 N–H and O–H groups in total. The van der Waals surface area contributed by atoms with Crippen molar-refractivity contribution in [1.82, 2.24) is 0 Å². The van der Waals surface area contributed by atoms with E-state index in [1.54, 1.807) is 7.11 Å². The molecule has 0 rings (SSSR count). The fourth-order valence-corrected chi connectivity index (χ4v) is 2.20. The molecule has 0 fully saturated rings. The van der Waals surface area contributed by atoms with Crippen molar-refractivity contribution in [3.8, 4) is 0 Å². The third kappa shape index (κ3) is 3.39. The lowest BCUT2D eigenvalue weighted by molar-refractivity contribution is 0.213. The molecule has 0 aliphatic heterocycles. The Bertz CT molecular complexity index is 113. The van der Waals surface area contributed by atoms with Crippen molar-refractivity contribution in [3.63, 3.8) is 0 Å². The third-order valence-electron chi connectivity index (χ3n) is 2.96. The third-order valence-corrected chi connectivity index (χ3v) is 8.48. The summed E-state index contributed by atoms with van der Waals surface area (Å²) in [6, 6.07) is 1.27. The second-order valence-corrected chi connectivity index (χ2v) is 10.6. The van der Waals surface area contributed by atoms with Crippen LogP contribution in [0.15, 0.2) is 0 Å². The summed E-state index contributed by atoms with van der Waals surface area (Å²) in [7, 11) is 0.734. The second kappa shape index (κ2) is 3.72. The molecular weight excluding hydrogens is 152 g/mol.